The average Bonchev–Trinajstić information content (AvgIpc) is 2.46. The van der Waals surface area contributed by atoms with Gasteiger partial charge in [-0.1, -0.05) is 18.2 Å². The number of halogens is 1. The van der Waals surface area contributed by atoms with Crippen molar-refractivity contribution in [3.63, 3.8) is 0 Å². The average molecular weight is 291 g/mol. The molecule has 0 aliphatic carbocycles. The molecule has 21 heavy (non-hydrogen) atoms. The van der Waals surface area contributed by atoms with Crippen LogP contribution in [0.15, 0.2) is 42.5 Å². The molecule has 8 heteroatoms. The predicted molar refractivity (Wildman–Crippen MR) is 74.2 cm³/mol. The molecule has 7 nitrogen and oxygen atoms in total. The molecule has 0 atom stereocenters. The normalized spacial score (nSPS) is 10.2. The molecule has 2 aromatic carbocycles. The maximum atomic E-state index is 13.7. The molecule has 0 radical (unpaired) electrons. The zero-order valence-corrected chi connectivity index (χ0v) is 10.9. The second kappa shape index (κ2) is 5.53. The van der Waals surface area contributed by atoms with Crippen LogP contribution in [0.1, 0.15) is 0 Å². The number of nitrogens with zero attached hydrogens (tertiary/aromatic N) is 3. The van der Waals surface area contributed by atoms with Crippen LogP contribution in [-0.2, 0) is 0 Å². The molecule has 2 rings (SSSR count). The quantitative estimate of drug-likeness (QED) is 0.636. The second-order valence-electron chi connectivity index (χ2n) is 4.20. The van der Waals surface area contributed by atoms with E-state index in [1.165, 1.54) is 11.9 Å². The minimum absolute atomic E-state index is 0.0608. The van der Waals surface area contributed by atoms with Gasteiger partial charge in [0.05, 0.1) is 15.9 Å². The van der Waals surface area contributed by atoms with E-state index >= 15 is 0 Å². The Kier molecular flexibility index (Phi) is 3.79. The molecule has 0 amide bonds. The van der Waals surface area contributed by atoms with Crippen LogP contribution in [0.2, 0.25) is 0 Å². The van der Waals surface area contributed by atoms with Gasteiger partial charge in [-0.2, -0.15) is 4.39 Å². The minimum Gasteiger partial charge on any atom is -0.339 e. The summed E-state index contributed by atoms with van der Waals surface area (Å²) in [5.41, 5.74) is -0.926. The van der Waals surface area contributed by atoms with E-state index in [2.05, 4.69) is 0 Å². The lowest BCUT2D eigenvalue weighted by Crippen LogP contribution is -2.12. The number of para-hydroxylation sites is 1. The summed E-state index contributed by atoms with van der Waals surface area (Å²) in [7, 11) is 1.52. The Morgan fingerprint density at radius 2 is 1.57 bits per heavy atom. The molecule has 0 saturated carbocycles. The van der Waals surface area contributed by atoms with Gasteiger partial charge in [0.15, 0.2) is 0 Å². The van der Waals surface area contributed by atoms with Crippen molar-refractivity contribution in [3.8, 4) is 0 Å². The lowest BCUT2D eigenvalue weighted by Gasteiger charge is -2.19. The number of nitro benzene ring substituents is 2. The smallest absolute Gasteiger partial charge is 0.311 e. The standard InChI is InChI=1S/C13H10FN3O4/c1-15(9-5-3-2-4-6-9)12-7-10(14)11(16(18)19)8-13(12)17(20)21/h2-8H,1H3. The molecule has 0 aliphatic rings. The topological polar surface area (TPSA) is 89.5 Å². The number of hydrogen-bond donors (Lipinski definition) is 0. The molecule has 0 aliphatic heterocycles. The van der Waals surface area contributed by atoms with E-state index in [1.807, 2.05) is 0 Å². The minimum atomic E-state index is -1.12. The van der Waals surface area contributed by atoms with Crippen LogP contribution in [0.25, 0.3) is 0 Å². The second-order valence-corrected chi connectivity index (χ2v) is 4.20. The molecule has 0 aromatic heterocycles. The molecule has 0 N–H and O–H groups in total. The largest absolute Gasteiger partial charge is 0.339 e. The first-order valence-corrected chi connectivity index (χ1v) is 5.83. The van der Waals surface area contributed by atoms with Gasteiger partial charge in [0, 0.05) is 18.8 Å². The van der Waals surface area contributed by atoms with Crippen molar-refractivity contribution in [2.24, 2.45) is 0 Å². The van der Waals surface area contributed by atoms with Gasteiger partial charge in [-0.3, -0.25) is 20.2 Å². The van der Waals surface area contributed by atoms with Crippen molar-refractivity contribution < 1.29 is 14.2 Å². The van der Waals surface area contributed by atoms with Gasteiger partial charge >= 0.3 is 5.69 Å². The summed E-state index contributed by atoms with van der Waals surface area (Å²) in [4.78, 5) is 21.4. The fourth-order valence-electron chi connectivity index (χ4n) is 1.89. The maximum absolute atomic E-state index is 13.7. The maximum Gasteiger partial charge on any atom is 0.311 e. The molecule has 108 valence electrons. The Balaban J connectivity index is 2.60. The van der Waals surface area contributed by atoms with Crippen LogP contribution < -0.4 is 4.90 Å². The van der Waals surface area contributed by atoms with Crippen molar-refractivity contribution in [3.05, 3.63) is 68.5 Å². The summed E-state index contributed by atoms with van der Waals surface area (Å²) in [6.45, 7) is 0. The summed E-state index contributed by atoms with van der Waals surface area (Å²) >= 11 is 0. The highest BCUT2D eigenvalue weighted by Gasteiger charge is 2.27. The Bertz CT molecular complexity index is 706. The summed E-state index contributed by atoms with van der Waals surface area (Å²) < 4.78 is 13.7. The highest BCUT2D eigenvalue weighted by atomic mass is 19.1. The van der Waals surface area contributed by atoms with E-state index in [0.29, 0.717) is 11.8 Å². The molecular formula is C13H10FN3O4. The van der Waals surface area contributed by atoms with Gasteiger partial charge < -0.3 is 4.90 Å². The predicted octanol–water partition coefficient (Wildman–Crippen LogP) is 3.41. The fourth-order valence-corrected chi connectivity index (χ4v) is 1.89. The first-order valence-electron chi connectivity index (χ1n) is 5.83. The van der Waals surface area contributed by atoms with Crippen molar-refractivity contribution in [1.29, 1.82) is 0 Å². The van der Waals surface area contributed by atoms with E-state index in [-0.39, 0.29) is 5.69 Å². The Hall–Kier alpha value is -3.03. The summed E-state index contributed by atoms with van der Waals surface area (Å²) in [6.07, 6.45) is 0. The van der Waals surface area contributed by atoms with E-state index < -0.39 is 27.0 Å². The number of anilines is 2. The van der Waals surface area contributed by atoms with Crippen LogP contribution in [0, 0.1) is 26.0 Å². The highest BCUT2D eigenvalue weighted by Crippen LogP contribution is 2.36. The van der Waals surface area contributed by atoms with Crippen molar-refractivity contribution >= 4 is 22.7 Å². The third kappa shape index (κ3) is 2.78. The Morgan fingerprint density at radius 1 is 1.00 bits per heavy atom. The molecule has 2 aromatic rings. The highest BCUT2D eigenvalue weighted by molar-refractivity contribution is 5.73. The number of nitro groups is 2. The van der Waals surface area contributed by atoms with Crippen molar-refractivity contribution in [1.82, 2.24) is 0 Å². The zero-order valence-electron chi connectivity index (χ0n) is 10.9. The Morgan fingerprint density at radius 3 is 2.10 bits per heavy atom. The first kappa shape index (κ1) is 14.4. The van der Waals surface area contributed by atoms with E-state index in [9.17, 15) is 24.6 Å². The molecular weight excluding hydrogens is 281 g/mol. The number of benzene rings is 2. The zero-order chi connectivity index (χ0) is 15.6. The van der Waals surface area contributed by atoms with E-state index in [1.54, 1.807) is 30.3 Å². The first-order chi connectivity index (χ1) is 9.91. The summed E-state index contributed by atoms with van der Waals surface area (Å²) in [5, 5.41) is 21.8. The third-order valence-electron chi connectivity index (χ3n) is 2.94. The van der Waals surface area contributed by atoms with Gasteiger partial charge in [0.1, 0.15) is 5.69 Å². The number of hydrogen-bond acceptors (Lipinski definition) is 5. The van der Waals surface area contributed by atoms with E-state index in [0.717, 1.165) is 6.07 Å². The molecule has 0 fully saturated rings. The van der Waals surface area contributed by atoms with Gasteiger partial charge in [-0.15, -0.1) is 0 Å². The Labute approximate surface area is 118 Å². The van der Waals surface area contributed by atoms with Crippen LogP contribution in [0.3, 0.4) is 0 Å². The van der Waals surface area contributed by atoms with Crippen LogP contribution in [-0.4, -0.2) is 16.9 Å². The molecule has 0 spiro atoms. The molecule has 0 saturated heterocycles. The number of rotatable bonds is 4. The van der Waals surface area contributed by atoms with E-state index in [4.69, 9.17) is 0 Å². The van der Waals surface area contributed by atoms with Crippen LogP contribution in [0.4, 0.5) is 27.1 Å². The van der Waals surface area contributed by atoms with Crippen LogP contribution in [0.5, 0.6) is 0 Å². The third-order valence-corrected chi connectivity index (χ3v) is 2.94. The SMILES string of the molecule is CN(c1ccccc1)c1cc(F)c([N+](=O)[O-])cc1[N+](=O)[O-]. The summed E-state index contributed by atoms with van der Waals surface area (Å²) in [6, 6.07) is 10.0. The fraction of sp³-hybridized carbons (Fsp3) is 0.0769. The monoisotopic (exact) mass is 291 g/mol. The lowest BCUT2D eigenvalue weighted by molar-refractivity contribution is -0.395. The molecule has 0 bridgehead atoms. The summed E-state index contributed by atoms with van der Waals surface area (Å²) in [5.74, 6) is -1.12. The van der Waals surface area contributed by atoms with Crippen molar-refractivity contribution in [2.75, 3.05) is 11.9 Å². The van der Waals surface area contributed by atoms with Gasteiger partial charge in [-0.25, -0.2) is 0 Å². The van der Waals surface area contributed by atoms with Gasteiger partial charge in [-0.05, 0) is 12.1 Å². The van der Waals surface area contributed by atoms with Gasteiger partial charge in [0.25, 0.3) is 5.69 Å². The molecule has 0 heterocycles. The van der Waals surface area contributed by atoms with Crippen molar-refractivity contribution in [2.45, 2.75) is 0 Å². The molecule has 0 unspecified atom stereocenters. The van der Waals surface area contributed by atoms with Gasteiger partial charge in [0.2, 0.25) is 5.82 Å². The lowest BCUT2D eigenvalue weighted by atomic mass is 10.2. The van der Waals surface area contributed by atoms with Crippen LogP contribution >= 0.6 is 0 Å².